The van der Waals surface area contributed by atoms with E-state index in [4.69, 9.17) is 14.2 Å². The van der Waals surface area contributed by atoms with Gasteiger partial charge in [-0.25, -0.2) is 9.59 Å². The minimum Gasteiger partial charge on any atom is -0.462 e. The van der Waals surface area contributed by atoms with Crippen molar-refractivity contribution in [3.8, 4) is 0 Å². The maximum Gasteiger partial charge on any atom is 0.338 e. The number of hydrogen-bond acceptors (Lipinski definition) is 6. The highest BCUT2D eigenvalue weighted by molar-refractivity contribution is 5.90. The topological polar surface area (TPSA) is 78.9 Å². The van der Waals surface area contributed by atoms with Crippen LogP contribution in [0.2, 0.25) is 0 Å². The molecule has 0 bridgehead atoms. The molecular weight excluding hydrogens is 456 g/mol. The van der Waals surface area contributed by atoms with Crippen LogP contribution < -0.4 is 0 Å². The van der Waals surface area contributed by atoms with Gasteiger partial charge in [0, 0.05) is 18.3 Å². The molecule has 2 aromatic carbocycles. The molecule has 0 radical (unpaired) electrons. The number of benzene rings is 2. The molecule has 190 valence electrons. The largest absolute Gasteiger partial charge is 0.462 e. The molecule has 0 amide bonds. The first-order valence-corrected chi connectivity index (χ1v) is 12.9. The summed E-state index contributed by atoms with van der Waals surface area (Å²) in [5, 5.41) is 0. The molecule has 0 aromatic heterocycles. The van der Waals surface area contributed by atoms with Crippen LogP contribution in [0.4, 0.5) is 0 Å². The van der Waals surface area contributed by atoms with Crippen molar-refractivity contribution >= 4 is 17.9 Å². The molecule has 2 aliphatic rings. The second-order valence-electron chi connectivity index (χ2n) is 9.76. The van der Waals surface area contributed by atoms with Crippen LogP contribution in [-0.2, 0) is 19.0 Å². The van der Waals surface area contributed by atoms with E-state index in [1.165, 1.54) is 0 Å². The molecule has 4 rings (SSSR count). The van der Waals surface area contributed by atoms with Crippen LogP contribution in [0.15, 0.2) is 72.8 Å². The number of ether oxygens (including phenoxy) is 3. The van der Waals surface area contributed by atoms with Crippen LogP contribution in [0.5, 0.6) is 0 Å². The molecule has 0 spiro atoms. The summed E-state index contributed by atoms with van der Waals surface area (Å²) in [5.74, 6) is -1.15. The summed E-state index contributed by atoms with van der Waals surface area (Å²) >= 11 is 0. The number of fused-ring (bicyclic) bond motifs is 1. The van der Waals surface area contributed by atoms with Crippen LogP contribution in [0.25, 0.3) is 0 Å². The summed E-state index contributed by atoms with van der Waals surface area (Å²) in [6, 6.07) is 17.8. The zero-order valence-corrected chi connectivity index (χ0v) is 20.9. The van der Waals surface area contributed by atoms with Crippen molar-refractivity contribution in [2.24, 2.45) is 17.8 Å². The van der Waals surface area contributed by atoms with Gasteiger partial charge in [0.15, 0.2) is 0 Å². The Morgan fingerprint density at radius 3 is 2.31 bits per heavy atom. The van der Waals surface area contributed by atoms with Gasteiger partial charge in [-0.1, -0.05) is 69.2 Å². The highest BCUT2D eigenvalue weighted by Crippen LogP contribution is 2.44. The highest BCUT2D eigenvalue weighted by atomic mass is 16.6. The van der Waals surface area contributed by atoms with Gasteiger partial charge in [-0.05, 0) is 42.7 Å². The molecule has 1 aliphatic carbocycles. The summed E-state index contributed by atoms with van der Waals surface area (Å²) in [6.07, 6.45) is 6.50. The first kappa shape index (κ1) is 25.7. The van der Waals surface area contributed by atoms with Crippen LogP contribution in [0, 0.1) is 17.8 Å². The number of unbranched alkanes of at least 4 members (excludes halogenated alkanes) is 1. The lowest BCUT2D eigenvalue weighted by Gasteiger charge is -2.24. The predicted octanol–water partition coefficient (Wildman–Crippen LogP) is 5.77. The Bertz CT molecular complexity index is 1060. The molecule has 2 fully saturated rings. The van der Waals surface area contributed by atoms with Crippen molar-refractivity contribution in [3.63, 3.8) is 0 Å². The Balaban J connectivity index is 1.53. The molecule has 6 heteroatoms. The second-order valence-corrected chi connectivity index (χ2v) is 9.76. The predicted molar refractivity (Wildman–Crippen MR) is 135 cm³/mol. The summed E-state index contributed by atoms with van der Waals surface area (Å²) in [5.41, 5.74) is 0.987. The fraction of sp³-hybridized carbons (Fsp3) is 0.433. The van der Waals surface area contributed by atoms with Gasteiger partial charge in [-0.15, -0.1) is 0 Å². The molecule has 1 aliphatic heterocycles. The molecule has 6 atom stereocenters. The van der Waals surface area contributed by atoms with Gasteiger partial charge in [0.1, 0.15) is 18.3 Å². The van der Waals surface area contributed by atoms with E-state index in [2.05, 4.69) is 13.8 Å². The Labute approximate surface area is 212 Å². The van der Waals surface area contributed by atoms with E-state index < -0.39 is 18.2 Å². The molecule has 1 unspecified atom stereocenters. The first-order chi connectivity index (χ1) is 17.5. The lowest BCUT2D eigenvalue weighted by molar-refractivity contribution is -0.141. The van der Waals surface area contributed by atoms with Crippen molar-refractivity contribution in [1.29, 1.82) is 0 Å². The van der Waals surface area contributed by atoms with E-state index in [0.29, 0.717) is 24.0 Å². The minimum atomic E-state index is -0.438. The zero-order chi connectivity index (χ0) is 25.5. The van der Waals surface area contributed by atoms with Gasteiger partial charge >= 0.3 is 17.9 Å². The molecule has 1 heterocycles. The summed E-state index contributed by atoms with van der Waals surface area (Å²) < 4.78 is 17.4. The van der Waals surface area contributed by atoms with E-state index >= 15 is 0 Å². The molecule has 36 heavy (non-hydrogen) atoms. The van der Waals surface area contributed by atoms with Crippen molar-refractivity contribution in [1.82, 2.24) is 0 Å². The zero-order valence-electron chi connectivity index (χ0n) is 20.9. The minimum absolute atomic E-state index is 0.0706. The number of hydrogen-bond donors (Lipinski definition) is 0. The molecule has 0 N–H and O–H groups in total. The van der Waals surface area contributed by atoms with Gasteiger partial charge in [0.05, 0.1) is 17.5 Å². The fourth-order valence-corrected chi connectivity index (χ4v) is 5.11. The average molecular weight is 491 g/mol. The fourth-order valence-electron chi connectivity index (χ4n) is 5.11. The van der Waals surface area contributed by atoms with Crippen LogP contribution in [0.1, 0.15) is 66.7 Å². The number of esters is 3. The maximum absolute atomic E-state index is 12.8. The van der Waals surface area contributed by atoms with Gasteiger partial charge < -0.3 is 14.2 Å². The normalized spacial score (nSPS) is 24.7. The van der Waals surface area contributed by atoms with Crippen molar-refractivity contribution in [3.05, 3.63) is 83.9 Å². The molecule has 6 nitrogen and oxygen atoms in total. The number of carbonyl (C=O) groups excluding carboxylic acids is 3. The van der Waals surface area contributed by atoms with E-state index in [1.807, 2.05) is 36.4 Å². The maximum atomic E-state index is 12.8. The highest BCUT2D eigenvalue weighted by Gasteiger charge is 2.50. The number of rotatable bonds is 10. The average Bonchev–Trinajstić information content (AvgIpc) is 3.41. The standard InChI is InChI=1S/C30H34O6/c1-3-4-11-20(2)25(35-29(32)21-12-7-5-8-13-21)17-16-23-24-18-28(31)34-27(24)19-26(23)36-30(33)22-14-9-6-10-15-22/h5-10,12-17,20,23-27H,3-4,11,18-19H2,1-2H3/t20?,23-,24-,25-,26-,27+/m1/s1. The smallest absolute Gasteiger partial charge is 0.338 e. The monoisotopic (exact) mass is 490 g/mol. The first-order valence-electron chi connectivity index (χ1n) is 12.9. The van der Waals surface area contributed by atoms with Gasteiger partial charge in [0.25, 0.3) is 0 Å². The van der Waals surface area contributed by atoms with Crippen molar-refractivity contribution in [2.45, 2.75) is 64.3 Å². The summed E-state index contributed by atoms with van der Waals surface area (Å²) in [6.45, 7) is 4.21. The third-order valence-electron chi connectivity index (χ3n) is 7.17. The van der Waals surface area contributed by atoms with E-state index in [9.17, 15) is 14.4 Å². The van der Waals surface area contributed by atoms with Gasteiger partial charge in [-0.3, -0.25) is 4.79 Å². The van der Waals surface area contributed by atoms with Gasteiger partial charge in [0.2, 0.25) is 0 Å². The SMILES string of the molecule is CCCCC(C)[C@@H](C=C[C@@H]1[C@H]2CC(=O)O[C@H]2C[C@H]1OC(=O)c1ccccc1)OC(=O)c1ccccc1. The summed E-state index contributed by atoms with van der Waals surface area (Å²) in [4.78, 5) is 37.6. The van der Waals surface area contributed by atoms with Crippen LogP contribution in [0.3, 0.4) is 0 Å². The lowest BCUT2D eigenvalue weighted by atomic mass is 9.89. The molecular formula is C30H34O6. The Kier molecular flexibility index (Phi) is 8.57. The van der Waals surface area contributed by atoms with E-state index in [-0.39, 0.29) is 35.8 Å². The van der Waals surface area contributed by atoms with Crippen molar-refractivity contribution < 1.29 is 28.6 Å². The van der Waals surface area contributed by atoms with E-state index in [1.54, 1.807) is 36.4 Å². The lowest BCUT2D eigenvalue weighted by Crippen LogP contribution is -2.27. The molecule has 2 aromatic rings. The molecule has 1 saturated heterocycles. The Hall–Kier alpha value is -3.41. The third-order valence-corrected chi connectivity index (χ3v) is 7.17. The number of carbonyl (C=O) groups is 3. The van der Waals surface area contributed by atoms with Gasteiger partial charge in [-0.2, -0.15) is 0 Å². The van der Waals surface area contributed by atoms with Crippen LogP contribution in [-0.4, -0.2) is 36.2 Å². The van der Waals surface area contributed by atoms with Crippen LogP contribution >= 0.6 is 0 Å². The van der Waals surface area contributed by atoms with E-state index in [0.717, 1.165) is 19.3 Å². The Morgan fingerprint density at radius 2 is 1.67 bits per heavy atom. The third kappa shape index (κ3) is 6.23. The Morgan fingerprint density at radius 1 is 1.03 bits per heavy atom. The quantitative estimate of drug-likeness (QED) is 0.239. The second kappa shape index (κ2) is 12.0. The summed E-state index contributed by atoms with van der Waals surface area (Å²) in [7, 11) is 0. The molecule has 1 saturated carbocycles. The van der Waals surface area contributed by atoms with Crippen molar-refractivity contribution in [2.75, 3.05) is 0 Å².